The lowest BCUT2D eigenvalue weighted by Gasteiger charge is -2.05. The van der Waals surface area contributed by atoms with Gasteiger partial charge < -0.3 is 9.88 Å². The summed E-state index contributed by atoms with van der Waals surface area (Å²) in [5.41, 5.74) is 1.16. The Hall–Kier alpha value is -1.29. The first kappa shape index (κ1) is 12.2. The van der Waals surface area contributed by atoms with Gasteiger partial charge in [0.1, 0.15) is 0 Å². The Morgan fingerprint density at radius 1 is 1.41 bits per heavy atom. The molecule has 0 saturated heterocycles. The average molecular weight is 295 g/mol. The van der Waals surface area contributed by atoms with Crippen LogP contribution in [0.4, 0.5) is 0 Å². The van der Waals surface area contributed by atoms with Gasteiger partial charge in [0.05, 0.1) is 0 Å². The van der Waals surface area contributed by atoms with Crippen molar-refractivity contribution in [3.05, 3.63) is 34.9 Å². The van der Waals surface area contributed by atoms with Gasteiger partial charge in [-0.3, -0.25) is 4.79 Å². The van der Waals surface area contributed by atoms with E-state index in [0.29, 0.717) is 13.0 Å². The van der Waals surface area contributed by atoms with E-state index in [1.807, 2.05) is 19.2 Å². The number of halogens is 1. The minimum atomic E-state index is 0.103. The van der Waals surface area contributed by atoms with Crippen LogP contribution in [-0.2, 0) is 11.3 Å². The maximum Gasteiger partial charge on any atom is 0.221 e. The lowest BCUT2D eigenvalue weighted by Crippen LogP contribution is -2.23. The summed E-state index contributed by atoms with van der Waals surface area (Å²) in [5, 5.41) is 4.00. The van der Waals surface area contributed by atoms with Crippen LogP contribution in [0.15, 0.2) is 34.9 Å². The third-order valence-electron chi connectivity index (χ3n) is 2.69. The van der Waals surface area contributed by atoms with E-state index in [9.17, 15) is 4.79 Å². The molecule has 0 spiro atoms. The van der Waals surface area contributed by atoms with Gasteiger partial charge in [-0.1, -0.05) is 15.9 Å². The fourth-order valence-corrected chi connectivity index (χ4v) is 2.25. The van der Waals surface area contributed by atoms with Crippen molar-refractivity contribution in [1.29, 1.82) is 0 Å². The van der Waals surface area contributed by atoms with Gasteiger partial charge in [-0.05, 0) is 31.2 Å². The Balaban J connectivity index is 2.11. The average Bonchev–Trinajstić information content (AvgIpc) is 2.69. The molecular weight excluding hydrogens is 280 g/mol. The Morgan fingerprint density at radius 2 is 2.24 bits per heavy atom. The van der Waals surface area contributed by atoms with Crippen LogP contribution in [0.1, 0.15) is 13.3 Å². The molecule has 3 nitrogen and oxygen atoms in total. The minimum absolute atomic E-state index is 0.103. The van der Waals surface area contributed by atoms with E-state index in [-0.39, 0.29) is 5.91 Å². The molecule has 17 heavy (non-hydrogen) atoms. The quantitative estimate of drug-likeness (QED) is 0.924. The molecule has 2 rings (SSSR count). The van der Waals surface area contributed by atoms with Gasteiger partial charge in [-0.2, -0.15) is 0 Å². The zero-order chi connectivity index (χ0) is 12.3. The van der Waals surface area contributed by atoms with Crippen molar-refractivity contribution >= 4 is 32.7 Å². The number of nitrogens with zero attached hydrogens (tertiary/aromatic N) is 1. The number of hydrogen-bond donors (Lipinski definition) is 1. The van der Waals surface area contributed by atoms with Crippen LogP contribution in [-0.4, -0.2) is 17.0 Å². The Bertz CT molecular complexity index is 533. The molecule has 4 heteroatoms. The van der Waals surface area contributed by atoms with Crippen molar-refractivity contribution in [1.82, 2.24) is 9.88 Å². The first-order valence-electron chi connectivity index (χ1n) is 5.72. The van der Waals surface area contributed by atoms with Crippen molar-refractivity contribution in [3.63, 3.8) is 0 Å². The van der Waals surface area contributed by atoms with E-state index >= 15 is 0 Å². The monoisotopic (exact) mass is 294 g/mol. The zero-order valence-corrected chi connectivity index (χ0v) is 11.3. The summed E-state index contributed by atoms with van der Waals surface area (Å²) in [7, 11) is 0. The van der Waals surface area contributed by atoms with Gasteiger partial charge >= 0.3 is 0 Å². The molecule has 1 N–H and O–H groups in total. The summed E-state index contributed by atoms with van der Waals surface area (Å²) in [6.45, 7) is 3.34. The second-order valence-electron chi connectivity index (χ2n) is 3.92. The molecule has 0 aliphatic rings. The number of nitrogens with one attached hydrogen (secondary N) is 1. The van der Waals surface area contributed by atoms with Crippen molar-refractivity contribution in [2.45, 2.75) is 19.9 Å². The third-order valence-corrected chi connectivity index (χ3v) is 3.18. The highest BCUT2D eigenvalue weighted by atomic mass is 79.9. The molecule has 1 amide bonds. The molecular formula is C13H15BrN2O. The number of amides is 1. The van der Waals surface area contributed by atoms with E-state index in [4.69, 9.17) is 0 Å². The molecule has 0 fully saturated rings. The van der Waals surface area contributed by atoms with Gasteiger partial charge in [0, 0.05) is 41.1 Å². The summed E-state index contributed by atoms with van der Waals surface area (Å²) in [4.78, 5) is 11.4. The van der Waals surface area contributed by atoms with E-state index in [0.717, 1.165) is 16.5 Å². The van der Waals surface area contributed by atoms with Gasteiger partial charge in [0.15, 0.2) is 0 Å². The number of aromatic nitrogens is 1. The number of benzene rings is 1. The smallest absolute Gasteiger partial charge is 0.221 e. The van der Waals surface area contributed by atoms with Crippen LogP contribution in [0.5, 0.6) is 0 Å². The lowest BCUT2D eigenvalue weighted by molar-refractivity contribution is -0.121. The molecule has 0 saturated carbocycles. The zero-order valence-electron chi connectivity index (χ0n) is 9.74. The molecule has 90 valence electrons. The second-order valence-corrected chi connectivity index (χ2v) is 4.83. The van der Waals surface area contributed by atoms with Crippen LogP contribution in [0.25, 0.3) is 10.9 Å². The Kier molecular flexibility index (Phi) is 3.84. The number of aryl methyl sites for hydroxylation is 1. The van der Waals surface area contributed by atoms with Gasteiger partial charge in [0.25, 0.3) is 0 Å². The van der Waals surface area contributed by atoms with Crippen molar-refractivity contribution in [3.8, 4) is 0 Å². The molecule has 1 aromatic carbocycles. The highest BCUT2D eigenvalue weighted by molar-refractivity contribution is 9.10. The first-order chi connectivity index (χ1) is 8.20. The summed E-state index contributed by atoms with van der Waals surface area (Å²) in [6.07, 6.45) is 2.55. The summed E-state index contributed by atoms with van der Waals surface area (Å²) in [5.74, 6) is 0.103. The first-order valence-corrected chi connectivity index (χ1v) is 6.51. The maximum atomic E-state index is 11.4. The van der Waals surface area contributed by atoms with E-state index in [1.54, 1.807) is 0 Å². The fraction of sp³-hybridized carbons (Fsp3) is 0.308. The summed E-state index contributed by atoms with van der Waals surface area (Å²) < 4.78 is 3.18. The highest BCUT2D eigenvalue weighted by Crippen LogP contribution is 2.20. The Morgan fingerprint density at radius 3 is 3.00 bits per heavy atom. The molecule has 0 radical (unpaired) electrons. The van der Waals surface area contributed by atoms with E-state index < -0.39 is 0 Å². The highest BCUT2D eigenvalue weighted by Gasteiger charge is 2.04. The topological polar surface area (TPSA) is 34.0 Å². The SMILES string of the molecule is CCNC(=O)CCn1ccc2cc(Br)ccc21. The molecule has 0 atom stereocenters. The minimum Gasteiger partial charge on any atom is -0.356 e. The third kappa shape index (κ3) is 2.88. The van der Waals surface area contributed by atoms with E-state index in [2.05, 4.69) is 44.0 Å². The molecule has 2 aromatic rings. The predicted octanol–water partition coefficient (Wildman–Crippen LogP) is 2.93. The molecule has 0 aliphatic carbocycles. The number of hydrogen-bond acceptors (Lipinski definition) is 1. The fourth-order valence-electron chi connectivity index (χ4n) is 1.87. The van der Waals surface area contributed by atoms with Crippen LogP contribution in [0.2, 0.25) is 0 Å². The standard InChI is InChI=1S/C13H15BrN2O/c1-2-15-13(17)6-8-16-7-5-10-9-11(14)3-4-12(10)16/h3-5,7,9H,2,6,8H2,1H3,(H,15,17). The second kappa shape index (κ2) is 5.36. The summed E-state index contributed by atoms with van der Waals surface area (Å²) in [6, 6.07) is 8.23. The van der Waals surface area contributed by atoms with Gasteiger partial charge in [-0.25, -0.2) is 0 Å². The maximum absolute atomic E-state index is 11.4. The van der Waals surface area contributed by atoms with Gasteiger partial charge in [-0.15, -0.1) is 0 Å². The van der Waals surface area contributed by atoms with Crippen molar-refractivity contribution in [2.24, 2.45) is 0 Å². The Labute approximate surface area is 109 Å². The number of fused-ring (bicyclic) bond motifs is 1. The van der Waals surface area contributed by atoms with Crippen molar-refractivity contribution < 1.29 is 4.79 Å². The molecule has 1 aromatic heterocycles. The largest absolute Gasteiger partial charge is 0.356 e. The molecule has 1 heterocycles. The van der Waals surface area contributed by atoms with E-state index in [1.165, 1.54) is 5.39 Å². The lowest BCUT2D eigenvalue weighted by atomic mass is 10.2. The normalized spacial score (nSPS) is 10.7. The van der Waals surface area contributed by atoms with Gasteiger partial charge in [0.2, 0.25) is 5.91 Å². The molecule has 0 aliphatic heterocycles. The van der Waals surface area contributed by atoms with Crippen LogP contribution < -0.4 is 5.32 Å². The number of carbonyl (C=O) groups is 1. The number of rotatable bonds is 4. The predicted molar refractivity (Wildman–Crippen MR) is 72.9 cm³/mol. The molecule has 0 unspecified atom stereocenters. The summed E-state index contributed by atoms with van der Waals surface area (Å²) >= 11 is 3.45. The van der Waals surface area contributed by atoms with Crippen molar-refractivity contribution in [2.75, 3.05) is 6.54 Å². The van der Waals surface area contributed by atoms with Crippen LogP contribution in [0.3, 0.4) is 0 Å². The van der Waals surface area contributed by atoms with Crippen LogP contribution in [0, 0.1) is 0 Å². The number of carbonyl (C=O) groups excluding carboxylic acids is 1. The van der Waals surface area contributed by atoms with Crippen LogP contribution >= 0.6 is 15.9 Å². The molecule has 0 bridgehead atoms.